The average Bonchev–Trinajstić information content (AvgIpc) is 3.10. The highest BCUT2D eigenvalue weighted by Gasteiger charge is 2.22. The van der Waals surface area contributed by atoms with Gasteiger partial charge in [-0.1, -0.05) is 46.3 Å². The van der Waals surface area contributed by atoms with Crippen molar-refractivity contribution in [2.24, 2.45) is 0 Å². The molecule has 4 rings (SSSR count). The van der Waals surface area contributed by atoms with E-state index in [0.29, 0.717) is 13.0 Å². The molecule has 1 aliphatic rings. The minimum atomic E-state index is 0.145. The molecule has 6 heteroatoms. The number of benzene rings is 2. The first-order chi connectivity index (χ1) is 13.7. The van der Waals surface area contributed by atoms with Gasteiger partial charge in [-0.15, -0.1) is 0 Å². The Hall–Kier alpha value is -2.18. The van der Waals surface area contributed by atoms with Crippen LogP contribution in [0, 0.1) is 0 Å². The van der Waals surface area contributed by atoms with Crippen molar-refractivity contribution in [3.63, 3.8) is 0 Å². The molecule has 2 heterocycles. The van der Waals surface area contributed by atoms with E-state index in [4.69, 9.17) is 4.42 Å². The molecule has 3 aromatic rings. The van der Waals surface area contributed by atoms with E-state index in [1.165, 1.54) is 5.56 Å². The SMILES string of the molecule is O=C(CCc1ccccc1)NC1CCN(Cc2nc3ccc(Br)cc3o2)CC1. The number of carbonyl (C=O) groups excluding carboxylic acids is 1. The molecule has 0 radical (unpaired) electrons. The van der Waals surface area contributed by atoms with Gasteiger partial charge in [-0.25, -0.2) is 4.98 Å². The lowest BCUT2D eigenvalue weighted by molar-refractivity contribution is -0.122. The maximum atomic E-state index is 12.2. The fourth-order valence-electron chi connectivity index (χ4n) is 3.64. The van der Waals surface area contributed by atoms with Gasteiger partial charge >= 0.3 is 0 Å². The summed E-state index contributed by atoms with van der Waals surface area (Å²) < 4.78 is 6.86. The highest BCUT2D eigenvalue weighted by atomic mass is 79.9. The van der Waals surface area contributed by atoms with E-state index in [9.17, 15) is 4.79 Å². The number of amides is 1. The van der Waals surface area contributed by atoms with Crippen LogP contribution in [0.15, 0.2) is 57.4 Å². The van der Waals surface area contributed by atoms with E-state index < -0.39 is 0 Å². The van der Waals surface area contributed by atoms with Crippen LogP contribution in [-0.4, -0.2) is 34.9 Å². The number of halogens is 1. The third-order valence-electron chi connectivity index (χ3n) is 5.19. The molecule has 1 aromatic heterocycles. The van der Waals surface area contributed by atoms with Crippen molar-refractivity contribution in [2.75, 3.05) is 13.1 Å². The number of nitrogens with one attached hydrogen (secondary N) is 1. The lowest BCUT2D eigenvalue weighted by atomic mass is 10.0. The number of fused-ring (bicyclic) bond motifs is 1. The van der Waals surface area contributed by atoms with Gasteiger partial charge in [-0.05, 0) is 43.0 Å². The molecule has 1 aliphatic heterocycles. The van der Waals surface area contributed by atoms with Crippen LogP contribution < -0.4 is 5.32 Å². The molecule has 0 spiro atoms. The maximum Gasteiger partial charge on any atom is 0.220 e. The van der Waals surface area contributed by atoms with Crippen LogP contribution in [0.3, 0.4) is 0 Å². The number of likely N-dealkylation sites (tertiary alicyclic amines) is 1. The number of rotatable bonds is 6. The van der Waals surface area contributed by atoms with Gasteiger partial charge in [0.2, 0.25) is 11.8 Å². The molecule has 2 aromatic carbocycles. The van der Waals surface area contributed by atoms with E-state index >= 15 is 0 Å². The molecule has 5 nitrogen and oxygen atoms in total. The second kappa shape index (κ2) is 8.88. The summed E-state index contributed by atoms with van der Waals surface area (Å²) in [5, 5.41) is 3.19. The molecule has 0 saturated carbocycles. The van der Waals surface area contributed by atoms with Crippen molar-refractivity contribution in [3.05, 3.63) is 64.5 Å². The number of nitrogens with zero attached hydrogens (tertiary/aromatic N) is 2. The highest BCUT2D eigenvalue weighted by Crippen LogP contribution is 2.22. The van der Waals surface area contributed by atoms with Crippen molar-refractivity contribution in [1.82, 2.24) is 15.2 Å². The van der Waals surface area contributed by atoms with Crippen LogP contribution in [0.1, 0.15) is 30.7 Å². The second-order valence-corrected chi connectivity index (χ2v) is 8.24. The highest BCUT2D eigenvalue weighted by molar-refractivity contribution is 9.10. The Kier molecular flexibility index (Phi) is 6.07. The lowest BCUT2D eigenvalue weighted by Crippen LogP contribution is -2.44. The van der Waals surface area contributed by atoms with Gasteiger partial charge in [0.1, 0.15) is 5.52 Å². The van der Waals surface area contributed by atoms with E-state index in [1.54, 1.807) is 0 Å². The van der Waals surface area contributed by atoms with Crippen LogP contribution in [0.25, 0.3) is 11.1 Å². The van der Waals surface area contributed by atoms with E-state index in [-0.39, 0.29) is 11.9 Å². The lowest BCUT2D eigenvalue weighted by Gasteiger charge is -2.31. The zero-order chi connectivity index (χ0) is 19.3. The predicted molar refractivity (Wildman–Crippen MR) is 113 cm³/mol. The standard InChI is InChI=1S/C22H24BrN3O2/c23-17-7-8-19-20(14-17)28-22(25-19)15-26-12-10-18(11-13-26)24-21(27)9-6-16-4-2-1-3-5-16/h1-5,7-8,14,18H,6,9-13,15H2,(H,24,27). The summed E-state index contributed by atoms with van der Waals surface area (Å²) in [6.45, 7) is 2.58. The van der Waals surface area contributed by atoms with Crippen molar-refractivity contribution in [2.45, 2.75) is 38.3 Å². The van der Waals surface area contributed by atoms with E-state index in [2.05, 4.69) is 43.3 Å². The largest absolute Gasteiger partial charge is 0.439 e. The van der Waals surface area contributed by atoms with Crippen molar-refractivity contribution < 1.29 is 9.21 Å². The Morgan fingerprint density at radius 1 is 1.18 bits per heavy atom. The molecular weight excluding hydrogens is 418 g/mol. The van der Waals surface area contributed by atoms with Crippen LogP contribution in [0.2, 0.25) is 0 Å². The van der Waals surface area contributed by atoms with Crippen LogP contribution in [-0.2, 0) is 17.8 Å². The Balaban J connectivity index is 1.22. The van der Waals surface area contributed by atoms with Crippen molar-refractivity contribution in [3.8, 4) is 0 Å². The monoisotopic (exact) mass is 441 g/mol. The fourth-order valence-corrected chi connectivity index (χ4v) is 3.98. The van der Waals surface area contributed by atoms with Gasteiger partial charge in [0.05, 0.1) is 6.54 Å². The third-order valence-corrected chi connectivity index (χ3v) is 5.68. The summed E-state index contributed by atoms with van der Waals surface area (Å²) in [7, 11) is 0. The average molecular weight is 442 g/mol. The number of piperidine rings is 1. The maximum absolute atomic E-state index is 12.2. The van der Waals surface area contributed by atoms with Gasteiger partial charge in [-0.3, -0.25) is 9.69 Å². The smallest absolute Gasteiger partial charge is 0.220 e. The molecule has 146 valence electrons. The molecule has 1 saturated heterocycles. The predicted octanol–water partition coefficient (Wildman–Crippen LogP) is 4.30. The van der Waals surface area contributed by atoms with Crippen LogP contribution in [0.5, 0.6) is 0 Å². The quantitative estimate of drug-likeness (QED) is 0.619. The Morgan fingerprint density at radius 3 is 2.75 bits per heavy atom. The first-order valence-electron chi connectivity index (χ1n) is 9.76. The zero-order valence-corrected chi connectivity index (χ0v) is 17.3. The normalized spacial score (nSPS) is 15.8. The summed E-state index contributed by atoms with van der Waals surface area (Å²) in [6.07, 6.45) is 3.26. The molecule has 1 fully saturated rings. The molecule has 0 aliphatic carbocycles. The number of aryl methyl sites for hydroxylation is 1. The zero-order valence-electron chi connectivity index (χ0n) is 15.7. The van der Waals surface area contributed by atoms with Gasteiger partial charge < -0.3 is 9.73 Å². The number of oxazole rings is 1. The van der Waals surface area contributed by atoms with Gasteiger partial charge in [0.25, 0.3) is 0 Å². The Labute approximate surface area is 173 Å². The third kappa shape index (κ3) is 5.00. The fraction of sp³-hybridized carbons (Fsp3) is 0.364. The van der Waals surface area contributed by atoms with Crippen LogP contribution in [0.4, 0.5) is 0 Å². The molecule has 1 amide bonds. The molecule has 1 N–H and O–H groups in total. The molecule has 0 atom stereocenters. The molecular formula is C22H24BrN3O2. The van der Waals surface area contributed by atoms with Gasteiger partial charge in [-0.2, -0.15) is 0 Å². The number of carbonyl (C=O) groups is 1. The van der Waals surface area contributed by atoms with Crippen LogP contribution >= 0.6 is 15.9 Å². The Bertz CT molecular complexity index is 933. The first-order valence-corrected chi connectivity index (χ1v) is 10.6. The van der Waals surface area contributed by atoms with Gasteiger partial charge in [0, 0.05) is 30.0 Å². The summed E-state index contributed by atoms with van der Waals surface area (Å²) >= 11 is 3.46. The summed E-state index contributed by atoms with van der Waals surface area (Å²) in [6, 6.07) is 16.3. The van der Waals surface area contributed by atoms with E-state index in [0.717, 1.165) is 53.8 Å². The number of aromatic nitrogens is 1. The minimum absolute atomic E-state index is 0.145. The van der Waals surface area contributed by atoms with Gasteiger partial charge in [0.15, 0.2) is 5.58 Å². The number of hydrogen-bond donors (Lipinski definition) is 1. The first kappa shape index (κ1) is 19.2. The summed E-state index contributed by atoms with van der Waals surface area (Å²) in [5.74, 6) is 0.894. The second-order valence-electron chi connectivity index (χ2n) is 7.32. The Morgan fingerprint density at radius 2 is 1.96 bits per heavy atom. The summed E-state index contributed by atoms with van der Waals surface area (Å²) in [5.41, 5.74) is 2.90. The topological polar surface area (TPSA) is 58.4 Å². The molecule has 0 unspecified atom stereocenters. The summed E-state index contributed by atoms with van der Waals surface area (Å²) in [4.78, 5) is 19.1. The van der Waals surface area contributed by atoms with Crippen molar-refractivity contribution >= 4 is 32.9 Å². The van der Waals surface area contributed by atoms with E-state index in [1.807, 2.05) is 36.4 Å². The molecule has 0 bridgehead atoms. The van der Waals surface area contributed by atoms with Crippen molar-refractivity contribution in [1.29, 1.82) is 0 Å². The number of hydrogen-bond acceptors (Lipinski definition) is 4. The molecule has 28 heavy (non-hydrogen) atoms. The minimum Gasteiger partial charge on any atom is -0.439 e.